The van der Waals surface area contributed by atoms with Gasteiger partial charge >= 0.3 is 5.97 Å². The van der Waals surface area contributed by atoms with E-state index in [0.717, 1.165) is 12.1 Å². The minimum atomic E-state index is -0.673. The Bertz CT molecular complexity index is 624. The van der Waals surface area contributed by atoms with E-state index in [0.29, 0.717) is 18.5 Å². The topological polar surface area (TPSA) is 92.8 Å². The van der Waals surface area contributed by atoms with Crippen LogP contribution >= 0.6 is 0 Å². The lowest BCUT2D eigenvalue weighted by molar-refractivity contribution is -0.146. The number of nitrogens with one attached hydrogen (secondary N) is 1. The molecule has 1 heterocycles. The number of carbonyl (C=O) groups is 4. The average Bonchev–Trinajstić information content (AvgIpc) is 2.96. The van der Waals surface area contributed by atoms with Crippen LogP contribution in [-0.2, 0) is 19.1 Å². The molecule has 2 amide bonds. The highest BCUT2D eigenvalue weighted by atomic mass is 16.5. The van der Waals surface area contributed by atoms with E-state index >= 15 is 0 Å². The molecule has 1 aliphatic rings. The van der Waals surface area contributed by atoms with Crippen LogP contribution in [0.3, 0.4) is 0 Å². The average molecular weight is 318 g/mol. The van der Waals surface area contributed by atoms with Gasteiger partial charge in [0.05, 0.1) is 0 Å². The molecule has 0 aliphatic carbocycles. The molecule has 0 unspecified atom stereocenters. The first-order valence-corrected chi connectivity index (χ1v) is 7.31. The lowest BCUT2D eigenvalue weighted by atomic mass is 10.2. The molecule has 1 fully saturated rings. The molecule has 2 rings (SSSR count). The van der Waals surface area contributed by atoms with Crippen LogP contribution in [-0.4, -0.2) is 43.3 Å². The largest absolute Gasteiger partial charge is 0.456 e. The Morgan fingerprint density at radius 2 is 1.91 bits per heavy atom. The summed E-state index contributed by atoms with van der Waals surface area (Å²) in [4.78, 5) is 47.2. The number of carbonyl (C=O) groups excluding carboxylic acids is 4. The third-order valence-corrected chi connectivity index (χ3v) is 3.34. The fourth-order valence-electron chi connectivity index (χ4n) is 2.20. The fraction of sp³-hybridized carbons (Fsp3) is 0.375. The Morgan fingerprint density at radius 3 is 2.48 bits per heavy atom. The molecule has 0 atom stereocenters. The van der Waals surface area contributed by atoms with Crippen molar-refractivity contribution in [2.75, 3.05) is 24.6 Å². The molecule has 1 aliphatic heterocycles. The molecule has 0 saturated carbocycles. The van der Waals surface area contributed by atoms with Crippen LogP contribution in [0, 0.1) is 0 Å². The summed E-state index contributed by atoms with van der Waals surface area (Å²) in [6.45, 7) is 1.39. The van der Waals surface area contributed by atoms with Crippen LogP contribution in [0.2, 0.25) is 0 Å². The van der Waals surface area contributed by atoms with Crippen molar-refractivity contribution in [1.82, 2.24) is 5.32 Å². The number of esters is 1. The second kappa shape index (κ2) is 7.53. The van der Waals surface area contributed by atoms with E-state index in [1.54, 1.807) is 29.2 Å². The molecule has 0 bridgehead atoms. The lowest BCUT2D eigenvalue weighted by Crippen LogP contribution is -2.31. The van der Waals surface area contributed by atoms with Crippen molar-refractivity contribution in [2.24, 2.45) is 0 Å². The highest BCUT2D eigenvalue weighted by molar-refractivity contribution is 5.98. The normalized spacial score (nSPS) is 13.8. The summed E-state index contributed by atoms with van der Waals surface area (Å²) in [5.74, 6) is -1.29. The first-order chi connectivity index (χ1) is 11.0. The quantitative estimate of drug-likeness (QED) is 0.778. The maximum Gasteiger partial charge on any atom is 0.325 e. The number of anilines is 1. The van der Waals surface area contributed by atoms with Gasteiger partial charge in [-0.2, -0.15) is 0 Å². The molecule has 122 valence electrons. The van der Waals surface area contributed by atoms with Gasteiger partial charge in [0.25, 0.3) is 5.91 Å². The summed E-state index contributed by atoms with van der Waals surface area (Å²) in [6.07, 6.45) is 1.38. The van der Waals surface area contributed by atoms with E-state index in [1.165, 1.54) is 6.92 Å². The number of hydrogen-bond donors (Lipinski definition) is 1. The van der Waals surface area contributed by atoms with Gasteiger partial charge in [0.2, 0.25) is 5.91 Å². The van der Waals surface area contributed by atoms with Crippen LogP contribution in [0.15, 0.2) is 24.3 Å². The van der Waals surface area contributed by atoms with E-state index in [2.05, 4.69) is 10.1 Å². The maximum atomic E-state index is 11.9. The molecule has 23 heavy (non-hydrogen) atoms. The molecule has 1 saturated heterocycles. The first-order valence-electron chi connectivity index (χ1n) is 7.31. The van der Waals surface area contributed by atoms with Gasteiger partial charge in [-0.15, -0.1) is 0 Å². The molecule has 1 N–H and O–H groups in total. The van der Waals surface area contributed by atoms with Crippen LogP contribution in [0.1, 0.15) is 30.1 Å². The number of amides is 2. The Hall–Kier alpha value is -2.70. The highest BCUT2D eigenvalue weighted by Gasteiger charge is 2.21. The smallest absolute Gasteiger partial charge is 0.325 e. The highest BCUT2D eigenvalue weighted by Crippen LogP contribution is 2.21. The van der Waals surface area contributed by atoms with Gasteiger partial charge in [-0.3, -0.25) is 19.2 Å². The minimum Gasteiger partial charge on any atom is -0.456 e. The van der Waals surface area contributed by atoms with Gasteiger partial charge in [-0.1, -0.05) is 0 Å². The second-order valence-electron chi connectivity index (χ2n) is 5.24. The van der Waals surface area contributed by atoms with E-state index in [9.17, 15) is 19.2 Å². The number of ketones is 1. The van der Waals surface area contributed by atoms with E-state index < -0.39 is 11.9 Å². The van der Waals surface area contributed by atoms with Gasteiger partial charge in [0.15, 0.2) is 5.78 Å². The molecular weight excluding hydrogens is 300 g/mol. The molecule has 7 heteroatoms. The zero-order valence-electron chi connectivity index (χ0n) is 12.8. The molecule has 0 radical (unpaired) electrons. The Labute approximate surface area is 133 Å². The van der Waals surface area contributed by atoms with Crippen molar-refractivity contribution in [1.29, 1.82) is 0 Å². The van der Waals surface area contributed by atoms with Crippen molar-refractivity contribution in [3.63, 3.8) is 0 Å². The van der Waals surface area contributed by atoms with E-state index in [1.807, 2.05) is 0 Å². The van der Waals surface area contributed by atoms with Gasteiger partial charge in [-0.05, 0) is 37.6 Å². The van der Waals surface area contributed by atoms with Gasteiger partial charge in [-0.25, -0.2) is 0 Å². The third-order valence-electron chi connectivity index (χ3n) is 3.34. The first kappa shape index (κ1) is 16.7. The van der Waals surface area contributed by atoms with Crippen molar-refractivity contribution in [3.05, 3.63) is 29.8 Å². The summed E-state index contributed by atoms with van der Waals surface area (Å²) in [7, 11) is 0. The molecule has 7 nitrogen and oxygen atoms in total. The number of nitrogens with zero attached hydrogens (tertiary/aromatic N) is 1. The summed E-state index contributed by atoms with van der Waals surface area (Å²) in [5.41, 5.74) is 1.13. The molecule has 1 aromatic rings. The number of benzene rings is 1. The number of ether oxygens (including phenoxy) is 1. The maximum absolute atomic E-state index is 11.9. The van der Waals surface area contributed by atoms with E-state index in [-0.39, 0.29) is 24.8 Å². The standard InChI is InChI=1S/C16H18N2O5/c1-11(19)10-23-15(21)9-17-16(22)12-4-6-13(7-5-12)18-8-2-3-14(18)20/h4-7H,2-3,8-10H2,1H3,(H,17,22). The number of rotatable bonds is 6. The van der Waals surface area contributed by atoms with Gasteiger partial charge < -0.3 is 15.0 Å². The fourth-order valence-corrected chi connectivity index (χ4v) is 2.20. The monoisotopic (exact) mass is 318 g/mol. The van der Waals surface area contributed by atoms with Gasteiger partial charge in [0.1, 0.15) is 13.2 Å². The molecule has 0 spiro atoms. The van der Waals surface area contributed by atoms with Crippen LogP contribution < -0.4 is 10.2 Å². The van der Waals surface area contributed by atoms with Crippen LogP contribution in [0.25, 0.3) is 0 Å². The van der Waals surface area contributed by atoms with Crippen molar-refractivity contribution in [3.8, 4) is 0 Å². The summed E-state index contributed by atoms with van der Waals surface area (Å²) < 4.78 is 4.64. The number of hydrogen-bond acceptors (Lipinski definition) is 5. The Morgan fingerprint density at radius 1 is 1.22 bits per heavy atom. The van der Waals surface area contributed by atoms with Crippen molar-refractivity contribution < 1.29 is 23.9 Å². The summed E-state index contributed by atoms with van der Waals surface area (Å²) in [5, 5.41) is 2.41. The van der Waals surface area contributed by atoms with E-state index in [4.69, 9.17) is 0 Å². The Balaban J connectivity index is 1.86. The molecule has 1 aromatic carbocycles. The minimum absolute atomic E-state index is 0.0791. The summed E-state index contributed by atoms with van der Waals surface area (Å²) in [6, 6.07) is 6.59. The third kappa shape index (κ3) is 4.64. The SMILES string of the molecule is CC(=O)COC(=O)CNC(=O)c1ccc(N2CCCC2=O)cc1. The van der Waals surface area contributed by atoms with Gasteiger partial charge in [0, 0.05) is 24.2 Å². The van der Waals surface area contributed by atoms with Crippen LogP contribution in [0.4, 0.5) is 5.69 Å². The second-order valence-corrected chi connectivity index (χ2v) is 5.24. The zero-order valence-corrected chi connectivity index (χ0v) is 12.8. The predicted molar refractivity (Wildman–Crippen MR) is 82.0 cm³/mol. The molecular formula is C16H18N2O5. The lowest BCUT2D eigenvalue weighted by Gasteiger charge is -2.15. The molecule has 0 aromatic heterocycles. The summed E-state index contributed by atoms with van der Waals surface area (Å²) >= 11 is 0. The van der Waals surface area contributed by atoms with Crippen molar-refractivity contribution in [2.45, 2.75) is 19.8 Å². The number of Topliss-reactive ketones (excluding diaryl/α,β-unsaturated/α-hetero) is 1. The Kier molecular flexibility index (Phi) is 5.46. The zero-order chi connectivity index (χ0) is 16.8. The van der Waals surface area contributed by atoms with Crippen LogP contribution in [0.5, 0.6) is 0 Å². The predicted octanol–water partition coefficient (Wildman–Crippen LogP) is 0.675. The van der Waals surface area contributed by atoms with Crippen molar-refractivity contribution >= 4 is 29.3 Å².